The third kappa shape index (κ3) is 2.48. The summed E-state index contributed by atoms with van der Waals surface area (Å²) >= 11 is 0. The summed E-state index contributed by atoms with van der Waals surface area (Å²) in [4.78, 5) is 4.25. The third-order valence-corrected chi connectivity index (χ3v) is 6.02. The number of pyridine rings is 1. The van der Waals surface area contributed by atoms with Crippen molar-refractivity contribution in [2.45, 2.75) is 0 Å². The highest BCUT2D eigenvalue weighted by atomic mass is 28.3. The van der Waals surface area contributed by atoms with Crippen molar-refractivity contribution in [1.29, 1.82) is 0 Å². The van der Waals surface area contributed by atoms with Gasteiger partial charge in [-0.25, -0.2) is 4.98 Å². The van der Waals surface area contributed by atoms with Gasteiger partial charge in [0.05, 0.1) is 0 Å². The van der Waals surface area contributed by atoms with Gasteiger partial charge in [-0.05, 0) is 11.3 Å². The van der Waals surface area contributed by atoms with Gasteiger partial charge in [0, 0.05) is 6.20 Å². The molecule has 0 aliphatic rings. The van der Waals surface area contributed by atoms with E-state index in [1.54, 1.807) is 6.20 Å². The van der Waals surface area contributed by atoms with Crippen LogP contribution in [0.3, 0.4) is 0 Å². The standard InChI is InChI=1S/C17H15N2Si/c18-17-16(12-7-13-19-17)20(14-8-3-1-4-9-14)15-10-5-2-6-11-15/h1-13H,(H2,18,19). The van der Waals surface area contributed by atoms with Crippen molar-refractivity contribution in [3.05, 3.63) is 79.0 Å². The molecule has 0 bridgehead atoms. The molecular weight excluding hydrogens is 260 g/mol. The Labute approximate surface area is 120 Å². The molecule has 0 unspecified atom stereocenters. The molecule has 0 fully saturated rings. The molecule has 0 aliphatic carbocycles. The smallest absolute Gasteiger partial charge is 0.159 e. The molecule has 0 amide bonds. The van der Waals surface area contributed by atoms with Gasteiger partial charge in [0.15, 0.2) is 8.80 Å². The van der Waals surface area contributed by atoms with Crippen molar-refractivity contribution in [2.75, 3.05) is 5.73 Å². The monoisotopic (exact) mass is 275 g/mol. The van der Waals surface area contributed by atoms with E-state index in [0.29, 0.717) is 5.82 Å². The second-order valence-corrected chi connectivity index (χ2v) is 6.99. The Morgan fingerprint density at radius 3 is 1.75 bits per heavy atom. The number of nitrogens with two attached hydrogens (primary N) is 1. The topological polar surface area (TPSA) is 38.9 Å². The van der Waals surface area contributed by atoms with Gasteiger partial charge in [-0.2, -0.15) is 0 Å². The molecule has 2 nitrogen and oxygen atoms in total. The van der Waals surface area contributed by atoms with Crippen LogP contribution in [0.25, 0.3) is 0 Å². The van der Waals surface area contributed by atoms with Crippen molar-refractivity contribution in [2.24, 2.45) is 0 Å². The summed E-state index contributed by atoms with van der Waals surface area (Å²) in [6, 6.07) is 25.2. The Morgan fingerprint density at radius 1 is 0.700 bits per heavy atom. The number of nitrogens with zero attached hydrogens (tertiary/aromatic N) is 1. The lowest BCUT2D eigenvalue weighted by Gasteiger charge is -2.17. The molecule has 2 N–H and O–H groups in total. The van der Waals surface area contributed by atoms with Crippen molar-refractivity contribution in [3.8, 4) is 0 Å². The van der Waals surface area contributed by atoms with Gasteiger partial charge in [-0.15, -0.1) is 0 Å². The molecule has 1 aromatic heterocycles. The highest BCUT2D eigenvalue weighted by Gasteiger charge is 2.21. The summed E-state index contributed by atoms with van der Waals surface area (Å²) in [6.45, 7) is 0. The van der Waals surface area contributed by atoms with Crippen molar-refractivity contribution in [1.82, 2.24) is 4.98 Å². The van der Waals surface area contributed by atoms with Crippen LogP contribution in [-0.2, 0) is 0 Å². The zero-order valence-electron chi connectivity index (χ0n) is 11.0. The lowest BCUT2D eigenvalue weighted by atomic mass is 10.4. The molecule has 2 aromatic carbocycles. The summed E-state index contributed by atoms with van der Waals surface area (Å²) in [5.74, 6) is 0.633. The molecule has 1 radical (unpaired) electrons. The lowest BCUT2D eigenvalue weighted by Crippen LogP contribution is -2.52. The maximum absolute atomic E-state index is 6.11. The minimum absolute atomic E-state index is 0.633. The molecule has 3 rings (SSSR count). The first-order chi connectivity index (χ1) is 9.86. The number of benzene rings is 2. The van der Waals surface area contributed by atoms with Crippen LogP contribution in [0.4, 0.5) is 5.82 Å². The fraction of sp³-hybridized carbons (Fsp3) is 0. The molecule has 3 aromatic rings. The Balaban J connectivity index is 2.17. The van der Waals surface area contributed by atoms with Gasteiger partial charge in [0.25, 0.3) is 0 Å². The van der Waals surface area contributed by atoms with Crippen LogP contribution in [0.2, 0.25) is 0 Å². The molecule has 0 aliphatic heterocycles. The highest BCUT2D eigenvalue weighted by Crippen LogP contribution is 1.99. The zero-order chi connectivity index (χ0) is 13.8. The second kappa shape index (κ2) is 5.71. The van der Waals surface area contributed by atoms with Crippen molar-refractivity contribution in [3.63, 3.8) is 0 Å². The van der Waals surface area contributed by atoms with E-state index >= 15 is 0 Å². The average molecular weight is 275 g/mol. The van der Waals surface area contributed by atoms with Crippen LogP contribution in [0.1, 0.15) is 0 Å². The summed E-state index contributed by atoms with van der Waals surface area (Å²) < 4.78 is 0. The Bertz CT molecular complexity index is 644. The molecule has 0 atom stereocenters. The van der Waals surface area contributed by atoms with Gasteiger partial charge in [-0.3, -0.25) is 0 Å². The summed E-state index contributed by atoms with van der Waals surface area (Å²) in [7, 11) is -1.09. The summed E-state index contributed by atoms with van der Waals surface area (Å²) in [6.07, 6.45) is 1.74. The molecule has 0 spiro atoms. The van der Waals surface area contributed by atoms with E-state index in [2.05, 4.69) is 59.6 Å². The second-order valence-electron chi connectivity index (χ2n) is 4.54. The molecule has 3 heteroatoms. The van der Waals surface area contributed by atoms with Gasteiger partial charge in [-0.1, -0.05) is 77.1 Å². The SMILES string of the molecule is Nc1ncccc1[Si](c1ccccc1)c1ccccc1. The van der Waals surface area contributed by atoms with E-state index in [1.807, 2.05) is 18.2 Å². The number of nitrogen functional groups attached to an aromatic ring is 1. The number of rotatable bonds is 3. The number of hydrogen-bond acceptors (Lipinski definition) is 2. The first-order valence-electron chi connectivity index (χ1n) is 6.55. The third-order valence-electron chi connectivity index (χ3n) is 3.23. The minimum Gasteiger partial charge on any atom is -0.384 e. The first kappa shape index (κ1) is 12.6. The van der Waals surface area contributed by atoms with E-state index in [4.69, 9.17) is 5.73 Å². The average Bonchev–Trinajstić information content (AvgIpc) is 2.52. The molecule has 1 heterocycles. The van der Waals surface area contributed by atoms with E-state index < -0.39 is 8.80 Å². The maximum Gasteiger partial charge on any atom is 0.159 e. The van der Waals surface area contributed by atoms with Crippen LogP contribution >= 0.6 is 0 Å². The summed E-state index contributed by atoms with van der Waals surface area (Å²) in [5.41, 5.74) is 6.11. The zero-order valence-corrected chi connectivity index (χ0v) is 12.0. The van der Waals surface area contributed by atoms with E-state index in [9.17, 15) is 0 Å². The van der Waals surface area contributed by atoms with Crippen LogP contribution in [0.15, 0.2) is 79.0 Å². The van der Waals surface area contributed by atoms with Gasteiger partial charge < -0.3 is 5.73 Å². The Kier molecular flexibility index (Phi) is 3.61. The highest BCUT2D eigenvalue weighted by molar-refractivity contribution is 6.96. The molecule has 0 saturated carbocycles. The number of anilines is 1. The lowest BCUT2D eigenvalue weighted by molar-refractivity contribution is 1.35. The van der Waals surface area contributed by atoms with Crippen molar-refractivity contribution >= 4 is 30.2 Å². The Hall–Kier alpha value is -2.39. The molecule has 0 saturated heterocycles. The number of hydrogen-bond donors (Lipinski definition) is 1. The van der Waals surface area contributed by atoms with Crippen molar-refractivity contribution < 1.29 is 0 Å². The van der Waals surface area contributed by atoms with E-state index in [1.165, 1.54) is 10.4 Å². The van der Waals surface area contributed by atoms with Crippen LogP contribution in [0, 0.1) is 0 Å². The fourth-order valence-corrected chi connectivity index (χ4v) is 4.91. The van der Waals surface area contributed by atoms with Gasteiger partial charge in [0.1, 0.15) is 5.82 Å². The summed E-state index contributed by atoms with van der Waals surface area (Å²) in [5, 5.41) is 3.79. The van der Waals surface area contributed by atoms with E-state index in [-0.39, 0.29) is 0 Å². The van der Waals surface area contributed by atoms with E-state index in [0.717, 1.165) is 5.19 Å². The number of aromatic nitrogens is 1. The molecule has 97 valence electrons. The van der Waals surface area contributed by atoms with Gasteiger partial charge >= 0.3 is 0 Å². The minimum atomic E-state index is -1.09. The quantitative estimate of drug-likeness (QED) is 0.729. The molecule has 20 heavy (non-hydrogen) atoms. The van der Waals surface area contributed by atoms with Crippen LogP contribution < -0.4 is 21.3 Å². The van der Waals surface area contributed by atoms with Crippen LogP contribution in [0.5, 0.6) is 0 Å². The predicted octanol–water partition coefficient (Wildman–Crippen LogP) is 1.18. The Morgan fingerprint density at radius 2 is 1.25 bits per heavy atom. The fourth-order valence-electron chi connectivity index (χ4n) is 2.32. The largest absolute Gasteiger partial charge is 0.384 e. The maximum atomic E-state index is 6.11. The van der Waals surface area contributed by atoms with Crippen LogP contribution in [-0.4, -0.2) is 13.8 Å². The predicted molar refractivity (Wildman–Crippen MR) is 86.2 cm³/mol. The normalized spacial score (nSPS) is 10.7. The van der Waals surface area contributed by atoms with Gasteiger partial charge in [0.2, 0.25) is 0 Å². The first-order valence-corrected chi connectivity index (χ1v) is 8.05. The molecular formula is C17H15N2Si.